The summed E-state index contributed by atoms with van der Waals surface area (Å²) in [6, 6.07) is 10.9. The number of benzene rings is 2. The fourth-order valence-electron chi connectivity index (χ4n) is 3.08. The van der Waals surface area contributed by atoms with Crippen LogP contribution in [-0.4, -0.2) is 9.97 Å². The molecule has 0 saturated carbocycles. The van der Waals surface area contributed by atoms with Gasteiger partial charge in [0.05, 0.1) is 0 Å². The van der Waals surface area contributed by atoms with Crippen LogP contribution in [-0.2, 0) is 5.41 Å². The lowest BCUT2D eigenvalue weighted by molar-refractivity contribution is 0.593. The number of thiazole rings is 2. The van der Waals surface area contributed by atoms with Crippen molar-refractivity contribution in [2.45, 2.75) is 26.2 Å². The topological polar surface area (TPSA) is 25.8 Å². The maximum Gasteiger partial charge on any atom is 0.124 e. The quantitative estimate of drug-likeness (QED) is 0.419. The molecule has 2 heterocycles. The zero-order valence-electron chi connectivity index (χ0n) is 13.9. The summed E-state index contributed by atoms with van der Waals surface area (Å²) in [5.74, 6) is 0. The van der Waals surface area contributed by atoms with Crippen LogP contribution >= 0.6 is 22.7 Å². The fourth-order valence-corrected chi connectivity index (χ4v) is 4.46. The van der Waals surface area contributed by atoms with Gasteiger partial charge >= 0.3 is 0 Å². The molecule has 4 aromatic rings. The lowest BCUT2D eigenvalue weighted by atomic mass is 9.80. The number of fused-ring (bicyclic) bond motifs is 1. The van der Waals surface area contributed by atoms with Crippen LogP contribution in [0.15, 0.2) is 53.5 Å². The Balaban J connectivity index is 2.16. The van der Waals surface area contributed by atoms with Crippen molar-refractivity contribution >= 4 is 33.4 Å². The Kier molecular flexibility index (Phi) is 3.74. The number of hydrogen-bond acceptors (Lipinski definition) is 4. The smallest absolute Gasteiger partial charge is 0.124 e. The summed E-state index contributed by atoms with van der Waals surface area (Å²) in [6.07, 6.45) is 3.76. The van der Waals surface area contributed by atoms with E-state index < -0.39 is 0 Å². The molecule has 4 heteroatoms. The Bertz CT molecular complexity index is 979. The third-order valence-electron chi connectivity index (χ3n) is 4.16. The minimum Gasteiger partial charge on any atom is -0.245 e. The maximum atomic E-state index is 4.61. The van der Waals surface area contributed by atoms with E-state index in [9.17, 15) is 0 Å². The molecular formula is C20H18N2S2. The molecule has 24 heavy (non-hydrogen) atoms. The zero-order valence-corrected chi connectivity index (χ0v) is 15.5. The molecule has 0 saturated heterocycles. The van der Waals surface area contributed by atoms with Crippen LogP contribution in [0, 0.1) is 0 Å². The van der Waals surface area contributed by atoms with Gasteiger partial charge in [-0.25, -0.2) is 9.97 Å². The number of hydrogen-bond donors (Lipinski definition) is 0. The predicted molar refractivity (Wildman–Crippen MR) is 105 cm³/mol. The van der Waals surface area contributed by atoms with Crippen molar-refractivity contribution in [2.24, 2.45) is 0 Å². The molecule has 0 unspecified atom stereocenters. The minimum absolute atomic E-state index is 0.0248. The van der Waals surface area contributed by atoms with Crippen LogP contribution in [0.2, 0.25) is 0 Å². The second kappa shape index (κ2) is 5.80. The van der Waals surface area contributed by atoms with Gasteiger partial charge < -0.3 is 0 Å². The lowest BCUT2D eigenvalue weighted by Gasteiger charge is -2.25. The summed E-state index contributed by atoms with van der Waals surface area (Å²) in [7, 11) is 0. The second-order valence-electron chi connectivity index (χ2n) is 6.82. The summed E-state index contributed by atoms with van der Waals surface area (Å²) in [6.45, 7) is 6.79. The highest BCUT2D eigenvalue weighted by Crippen LogP contribution is 2.43. The number of aromatic nitrogens is 2. The largest absolute Gasteiger partial charge is 0.245 e. The van der Waals surface area contributed by atoms with Crippen LogP contribution < -0.4 is 0 Å². The number of rotatable bonds is 2. The van der Waals surface area contributed by atoms with E-state index in [1.807, 2.05) is 23.2 Å². The van der Waals surface area contributed by atoms with Gasteiger partial charge in [0, 0.05) is 34.3 Å². The molecule has 0 amide bonds. The van der Waals surface area contributed by atoms with Crippen LogP contribution in [0.25, 0.3) is 31.9 Å². The van der Waals surface area contributed by atoms with Crippen LogP contribution in [0.5, 0.6) is 0 Å². The normalized spacial score (nSPS) is 12.0. The van der Waals surface area contributed by atoms with Crippen molar-refractivity contribution in [2.75, 3.05) is 0 Å². The lowest BCUT2D eigenvalue weighted by Crippen LogP contribution is -2.13. The van der Waals surface area contributed by atoms with E-state index in [0.717, 1.165) is 10.0 Å². The van der Waals surface area contributed by atoms with E-state index in [2.05, 4.69) is 61.1 Å². The van der Waals surface area contributed by atoms with Gasteiger partial charge in [0.25, 0.3) is 0 Å². The van der Waals surface area contributed by atoms with Gasteiger partial charge in [-0.15, -0.1) is 22.7 Å². The van der Waals surface area contributed by atoms with E-state index in [1.54, 1.807) is 22.7 Å². The first-order chi connectivity index (χ1) is 11.6. The molecule has 0 fully saturated rings. The maximum absolute atomic E-state index is 4.61. The molecule has 0 aliphatic heterocycles. The van der Waals surface area contributed by atoms with E-state index in [1.165, 1.54) is 27.5 Å². The third-order valence-corrected chi connectivity index (χ3v) is 5.76. The van der Waals surface area contributed by atoms with Crippen molar-refractivity contribution in [3.63, 3.8) is 0 Å². The molecule has 2 aromatic heterocycles. The molecule has 120 valence electrons. The standard InChI is InChI=1S/C20H18N2S2/c1-20(2,3)16-12-15(18-21-8-10-23-18)13-6-4-5-7-14(13)17(16)19-22-9-11-24-19/h4-12H,1-3H3. The van der Waals surface area contributed by atoms with E-state index in [-0.39, 0.29) is 5.41 Å². The Morgan fingerprint density at radius 1 is 0.833 bits per heavy atom. The van der Waals surface area contributed by atoms with Crippen molar-refractivity contribution in [3.8, 4) is 21.1 Å². The zero-order chi connectivity index (χ0) is 16.7. The molecule has 4 rings (SSSR count). The summed E-state index contributed by atoms with van der Waals surface area (Å²) >= 11 is 3.39. The molecule has 0 bridgehead atoms. The summed E-state index contributed by atoms with van der Waals surface area (Å²) in [4.78, 5) is 9.17. The Hall–Kier alpha value is -2.04. The van der Waals surface area contributed by atoms with Crippen molar-refractivity contribution in [1.82, 2.24) is 9.97 Å². The Morgan fingerprint density at radius 2 is 1.46 bits per heavy atom. The molecule has 0 aliphatic rings. The van der Waals surface area contributed by atoms with Crippen LogP contribution in [0.3, 0.4) is 0 Å². The van der Waals surface area contributed by atoms with Gasteiger partial charge in [-0.05, 0) is 27.8 Å². The van der Waals surface area contributed by atoms with Gasteiger partial charge in [0.15, 0.2) is 0 Å². The second-order valence-corrected chi connectivity index (χ2v) is 8.61. The van der Waals surface area contributed by atoms with Crippen LogP contribution in [0.4, 0.5) is 0 Å². The average molecular weight is 351 g/mol. The third kappa shape index (κ3) is 2.56. The van der Waals surface area contributed by atoms with Crippen LogP contribution in [0.1, 0.15) is 26.3 Å². The summed E-state index contributed by atoms with van der Waals surface area (Å²) < 4.78 is 0. The van der Waals surface area contributed by atoms with Crippen molar-refractivity contribution in [3.05, 3.63) is 59.0 Å². The van der Waals surface area contributed by atoms with E-state index in [4.69, 9.17) is 0 Å². The molecule has 0 atom stereocenters. The summed E-state index contributed by atoms with van der Waals surface area (Å²) in [5, 5.41) is 8.74. The highest BCUT2D eigenvalue weighted by molar-refractivity contribution is 7.13. The predicted octanol–water partition coefficient (Wildman–Crippen LogP) is 6.38. The van der Waals surface area contributed by atoms with Gasteiger partial charge in [-0.1, -0.05) is 45.0 Å². The Morgan fingerprint density at radius 3 is 2.04 bits per heavy atom. The van der Waals surface area contributed by atoms with Gasteiger partial charge in [-0.3, -0.25) is 0 Å². The Labute approximate surface area is 149 Å². The first-order valence-corrected chi connectivity index (χ1v) is 9.67. The van der Waals surface area contributed by atoms with Gasteiger partial charge in [0.1, 0.15) is 10.0 Å². The van der Waals surface area contributed by atoms with E-state index in [0.29, 0.717) is 0 Å². The number of nitrogens with zero attached hydrogens (tertiary/aromatic N) is 2. The minimum atomic E-state index is 0.0248. The van der Waals surface area contributed by atoms with Gasteiger partial charge in [-0.2, -0.15) is 0 Å². The fraction of sp³-hybridized carbons (Fsp3) is 0.200. The molecule has 0 radical (unpaired) electrons. The first kappa shape index (κ1) is 15.5. The first-order valence-electron chi connectivity index (χ1n) is 7.91. The highest BCUT2D eigenvalue weighted by Gasteiger charge is 2.24. The van der Waals surface area contributed by atoms with Crippen molar-refractivity contribution in [1.29, 1.82) is 0 Å². The van der Waals surface area contributed by atoms with Gasteiger partial charge in [0.2, 0.25) is 0 Å². The van der Waals surface area contributed by atoms with E-state index >= 15 is 0 Å². The molecule has 0 spiro atoms. The molecule has 2 aromatic carbocycles. The monoisotopic (exact) mass is 350 g/mol. The molecule has 0 aliphatic carbocycles. The van der Waals surface area contributed by atoms with Crippen molar-refractivity contribution < 1.29 is 0 Å². The highest BCUT2D eigenvalue weighted by atomic mass is 32.1. The SMILES string of the molecule is CC(C)(C)c1cc(-c2nccs2)c2ccccc2c1-c1nccs1. The molecule has 0 N–H and O–H groups in total. The average Bonchev–Trinajstić information content (AvgIpc) is 3.26. The molecular weight excluding hydrogens is 332 g/mol. The molecule has 2 nitrogen and oxygen atoms in total. The summed E-state index contributed by atoms with van der Waals surface area (Å²) in [5.41, 5.74) is 3.82.